The normalized spacial score (nSPS) is 21.9. The van der Waals surface area contributed by atoms with Crippen LogP contribution in [-0.4, -0.2) is 41.5 Å². The van der Waals surface area contributed by atoms with Crippen LogP contribution in [0.1, 0.15) is 59.8 Å². The summed E-state index contributed by atoms with van der Waals surface area (Å²) in [5.41, 5.74) is 5.88. The third-order valence-corrected chi connectivity index (χ3v) is 5.08. The molecule has 5 N–H and O–H groups in total. The van der Waals surface area contributed by atoms with Crippen molar-refractivity contribution >= 4 is 30.2 Å². The van der Waals surface area contributed by atoms with E-state index in [0.29, 0.717) is 24.8 Å². The van der Waals surface area contributed by atoms with Crippen LogP contribution in [0.5, 0.6) is 0 Å². The summed E-state index contributed by atoms with van der Waals surface area (Å²) in [6, 6.07) is -1.32. The Balaban J connectivity index is 0.00000676. The Kier molecular flexibility index (Phi) is 11.6. The molecule has 0 spiro atoms. The van der Waals surface area contributed by atoms with Crippen molar-refractivity contribution in [1.29, 1.82) is 0 Å². The Morgan fingerprint density at radius 3 is 2.07 bits per heavy atom. The van der Waals surface area contributed by atoms with Crippen LogP contribution < -0.4 is 16.4 Å². The van der Waals surface area contributed by atoms with Gasteiger partial charge in [0.2, 0.25) is 11.8 Å². The van der Waals surface area contributed by atoms with Crippen LogP contribution >= 0.6 is 12.4 Å². The summed E-state index contributed by atoms with van der Waals surface area (Å²) in [6.07, 6.45) is 3.79. The number of hydrogen-bond donors (Lipinski definition) is 4. The third-order valence-electron chi connectivity index (χ3n) is 5.08. The van der Waals surface area contributed by atoms with Gasteiger partial charge in [-0.2, -0.15) is 0 Å². The summed E-state index contributed by atoms with van der Waals surface area (Å²) in [6.45, 7) is 8.22. The molecule has 0 saturated heterocycles. The van der Waals surface area contributed by atoms with Crippen LogP contribution in [0.4, 0.5) is 0 Å². The topological polar surface area (TPSA) is 122 Å². The van der Waals surface area contributed by atoms with E-state index in [1.165, 1.54) is 0 Å². The monoisotopic (exact) mass is 405 g/mol. The number of hydrogen-bond acceptors (Lipinski definition) is 4. The van der Waals surface area contributed by atoms with Crippen LogP contribution in [-0.2, 0) is 14.4 Å². The summed E-state index contributed by atoms with van der Waals surface area (Å²) in [5, 5.41) is 14.8. The number of carboxylic acids is 1. The van der Waals surface area contributed by atoms with Gasteiger partial charge in [-0.25, -0.2) is 4.79 Å². The number of nitrogens with one attached hydrogen (secondary N) is 2. The highest BCUT2D eigenvalue weighted by atomic mass is 35.5. The lowest BCUT2D eigenvalue weighted by Gasteiger charge is -2.29. The zero-order valence-electron chi connectivity index (χ0n) is 16.9. The minimum Gasteiger partial charge on any atom is -0.480 e. The lowest BCUT2D eigenvalue weighted by atomic mass is 9.81. The van der Waals surface area contributed by atoms with Crippen LogP contribution in [0.2, 0.25) is 0 Å². The zero-order chi connectivity index (χ0) is 19.9. The second kappa shape index (κ2) is 12.2. The predicted molar refractivity (Wildman–Crippen MR) is 108 cm³/mol. The molecule has 8 heteroatoms. The second-order valence-electron chi connectivity index (χ2n) is 8.27. The van der Waals surface area contributed by atoms with Crippen molar-refractivity contribution < 1.29 is 19.5 Å². The molecule has 2 unspecified atom stereocenters. The van der Waals surface area contributed by atoms with E-state index < -0.39 is 18.1 Å². The average molecular weight is 406 g/mol. The summed E-state index contributed by atoms with van der Waals surface area (Å²) in [4.78, 5) is 35.5. The molecule has 0 aliphatic heterocycles. The highest BCUT2D eigenvalue weighted by Gasteiger charge is 2.30. The zero-order valence-corrected chi connectivity index (χ0v) is 17.7. The fourth-order valence-electron chi connectivity index (χ4n) is 3.40. The number of amides is 2. The summed E-state index contributed by atoms with van der Waals surface area (Å²) >= 11 is 0. The van der Waals surface area contributed by atoms with E-state index >= 15 is 0 Å². The molecule has 27 heavy (non-hydrogen) atoms. The number of rotatable bonds is 9. The van der Waals surface area contributed by atoms with Crippen molar-refractivity contribution in [2.24, 2.45) is 29.4 Å². The van der Waals surface area contributed by atoms with Crippen molar-refractivity contribution in [1.82, 2.24) is 10.6 Å². The van der Waals surface area contributed by atoms with Crippen LogP contribution in [0.3, 0.4) is 0 Å². The highest BCUT2D eigenvalue weighted by Crippen LogP contribution is 2.28. The number of halogens is 1. The molecule has 2 atom stereocenters. The standard InChI is InChI=1S/C19H35N3O4.ClH/c1-11(2)9-15(20)18(24)21-10-13-5-7-14(8-6-13)17(23)22-16(12(3)4)19(25)26;/h11-16H,5-10,20H2,1-4H3,(H,21,24)(H,22,23)(H,25,26);1H. The molecule has 0 aromatic rings. The van der Waals surface area contributed by atoms with Gasteiger partial charge in [0.25, 0.3) is 0 Å². The van der Waals surface area contributed by atoms with Gasteiger partial charge in [0.1, 0.15) is 6.04 Å². The van der Waals surface area contributed by atoms with Crippen molar-refractivity contribution in [3.05, 3.63) is 0 Å². The van der Waals surface area contributed by atoms with Gasteiger partial charge in [0.15, 0.2) is 0 Å². The van der Waals surface area contributed by atoms with Crippen LogP contribution in [0.25, 0.3) is 0 Å². The summed E-state index contributed by atoms with van der Waals surface area (Å²) in [7, 11) is 0. The fourth-order valence-corrected chi connectivity index (χ4v) is 3.40. The van der Waals surface area contributed by atoms with E-state index in [9.17, 15) is 19.5 Å². The van der Waals surface area contributed by atoms with Gasteiger partial charge in [-0.05, 0) is 49.9 Å². The number of carbonyl (C=O) groups is 3. The lowest BCUT2D eigenvalue weighted by molar-refractivity contribution is -0.144. The predicted octanol–water partition coefficient (Wildman–Crippen LogP) is 1.93. The lowest BCUT2D eigenvalue weighted by Crippen LogP contribution is -2.47. The first kappa shape index (κ1) is 25.7. The quantitative estimate of drug-likeness (QED) is 0.467. The molecule has 1 fully saturated rings. The maximum atomic E-state index is 12.3. The largest absolute Gasteiger partial charge is 0.480 e. The molecule has 158 valence electrons. The molecule has 0 radical (unpaired) electrons. The van der Waals surface area contributed by atoms with Crippen molar-refractivity contribution in [3.8, 4) is 0 Å². The minimum absolute atomic E-state index is 0. The first-order valence-electron chi connectivity index (χ1n) is 9.68. The van der Waals surface area contributed by atoms with Gasteiger partial charge < -0.3 is 21.5 Å². The van der Waals surface area contributed by atoms with E-state index in [1.807, 2.05) is 13.8 Å². The van der Waals surface area contributed by atoms with Crippen molar-refractivity contribution in [2.75, 3.05) is 6.54 Å². The Morgan fingerprint density at radius 1 is 1.07 bits per heavy atom. The van der Waals surface area contributed by atoms with E-state index in [1.54, 1.807) is 13.8 Å². The van der Waals surface area contributed by atoms with Gasteiger partial charge in [-0.1, -0.05) is 27.7 Å². The van der Waals surface area contributed by atoms with E-state index in [4.69, 9.17) is 5.73 Å². The molecule has 1 rings (SSSR count). The van der Waals surface area contributed by atoms with Gasteiger partial charge in [-0.3, -0.25) is 9.59 Å². The Bertz CT molecular complexity index is 491. The summed E-state index contributed by atoms with van der Waals surface area (Å²) < 4.78 is 0. The molecule has 1 aliphatic rings. The van der Waals surface area contributed by atoms with Gasteiger partial charge >= 0.3 is 5.97 Å². The molecule has 0 bridgehead atoms. The Labute approximate surface area is 168 Å². The van der Waals surface area contributed by atoms with Gasteiger partial charge in [-0.15, -0.1) is 12.4 Å². The first-order chi connectivity index (χ1) is 12.1. The summed E-state index contributed by atoms with van der Waals surface area (Å²) in [5.74, 6) is -0.863. The highest BCUT2D eigenvalue weighted by molar-refractivity contribution is 5.85. The Morgan fingerprint density at radius 2 is 1.63 bits per heavy atom. The molecule has 0 heterocycles. The van der Waals surface area contributed by atoms with Crippen LogP contribution in [0, 0.1) is 23.7 Å². The van der Waals surface area contributed by atoms with Crippen molar-refractivity contribution in [3.63, 3.8) is 0 Å². The van der Waals surface area contributed by atoms with Crippen molar-refractivity contribution in [2.45, 2.75) is 71.9 Å². The van der Waals surface area contributed by atoms with Gasteiger partial charge in [0.05, 0.1) is 6.04 Å². The Hall–Kier alpha value is -1.34. The molecule has 1 saturated carbocycles. The number of carbonyl (C=O) groups excluding carboxylic acids is 2. The maximum Gasteiger partial charge on any atom is 0.326 e. The smallest absolute Gasteiger partial charge is 0.326 e. The van der Waals surface area contributed by atoms with Crippen LogP contribution in [0.15, 0.2) is 0 Å². The molecule has 0 aromatic carbocycles. The molecule has 0 aromatic heterocycles. The SMILES string of the molecule is CC(C)CC(N)C(=O)NCC1CCC(C(=O)NC(C(=O)O)C(C)C)CC1.Cl. The van der Waals surface area contributed by atoms with Gasteiger partial charge in [0, 0.05) is 12.5 Å². The molecular formula is C19H36ClN3O4. The maximum absolute atomic E-state index is 12.3. The number of aliphatic carboxylic acids is 1. The van der Waals surface area contributed by atoms with E-state index in [0.717, 1.165) is 25.7 Å². The second-order valence-corrected chi connectivity index (χ2v) is 8.27. The number of nitrogens with two attached hydrogens (primary N) is 1. The third kappa shape index (κ3) is 8.93. The fraction of sp³-hybridized carbons (Fsp3) is 0.842. The van der Waals surface area contributed by atoms with E-state index in [-0.39, 0.29) is 36.1 Å². The minimum atomic E-state index is -0.998. The molecule has 1 aliphatic carbocycles. The number of carboxylic acid groups (broad SMARTS) is 1. The first-order valence-corrected chi connectivity index (χ1v) is 9.68. The molecule has 7 nitrogen and oxygen atoms in total. The average Bonchev–Trinajstić information content (AvgIpc) is 2.56. The molecule has 2 amide bonds. The molecular weight excluding hydrogens is 370 g/mol. The van der Waals surface area contributed by atoms with E-state index in [2.05, 4.69) is 10.6 Å².